The zero-order chi connectivity index (χ0) is 19.8. The van der Waals surface area contributed by atoms with Crippen molar-refractivity contribution in [1.29, 1.82) is 0 Å². The van der Waals surface area contributed by atoms with Crippen molar-refractivity contribution in [2.45, 2.75) is 13.0 Å². The largest absolute Gasteiger partial charge is 0.397 e. The molecule has 3 N–H and O–H groups in total. The lowest BCUT2D eigenvalue weighted by Gasteiger charge is -2.23. The fourth-order valence-electron chi connectivity index (χ4n) is 3.40. The van der Waals surface area contributed by atoms with E-state index in [9.17, 15) is 9.59 Å². The maximum atomic E-state index is 12.8. The van der Waals surface area contributed by atoms with E-state index in [4.69, 9.17) is 17.3 Å². The van der Waals surface area contributed by atoms with Crippen molar-refractivity contribution < 1.29 is 9.59 Å². The van der Waals surface area contributed by atoms with Crippen LogP contribution in [0.3, 0.4) is 0 Å². The van der Waals surface area contributed by atoms with Gasteiger partial charge in [-0.3, -0.25) is 14.5 Å². The molecule has 6 nitrogen and oxygen atoms in total. The molecule has 0 saturated heterocycles. The normalized spacial score (nSPS) is 15.4. The van der Waals surface area contributed by atoms with E-state index in [1.165, 1.54) is 6.20 Å². The Labute approximate surface area is 166 Å². The topological polar surface area (TPSA) is 88.3 Å². The van der Waals surface area contributed by atoms with Crippen LogP contribution in [-0.4, -0.2) is 16.8 Å². The van der Waals surface area contributed by atoms with Gasteiger partial charge in [0, 0.05) is 17.4 Å². The highest BCUT2D eigenvalue weighted by Gasteiger charge is 2.35. The smallest absolute Gasteiger partial charge is 0.276 e. The highest BCUT2D eigenvalue weighted by molar-refractivity contribution is 6.34. The van der Waals surface area contributed by atoms with Crippen LogP contribution in [0.4, 0.5) is 17.1 Å². The van der Waals surface area contributed by atoms with Crippen LogP contribution in [0.2, 0.25) is 5.02 Å². The van der Waals surface area contributed by atoms with Gasteiger partial charge in [0.1, 0.15) is 0 Å². The summed E-state index contributed by atoms with van der Waals surface area (Å²) in [5.74, 6) is -0.525. The van der Waals surface area contributed by atoms with E-state index in [0.717, 1.165) is 5.56 Å². The van der Waals surface area contributed by atoms with Crippen LogP contribution in [0, 0.1) is 0 Å². The molecule has 1 unspecified atom stereocenters. The summed E-state index contributed by atoms with van der Waals surface area (Å²) in [6, 6.07) is 15.7. The first-order valence-corrected chi connectivity index (χ1v) is 9.09. The van der Waals surface area contributed by atoms with Gasteiger partial charge in [0.15, 0.2) is 5.69 Å². The molecule has 7 heteroatoms. The fraction of sp³-hybridized carbons (Fsp3) is 0.0952. The van der Waals surface area contributed by atoms with Crippen LogP contribution in [0.15, 0.2) is 60.8 Å². The molecule has 1 aliphatic rings. The number of carbonyl (C=O) groups excluding carboxylic acids is 2. The molecule has 1 aromatic heterocycles. The number of amides is 2. The summed E-state index contributed by atoms with van der Waals surface area (Å²) in [7, 11) is 0. The van der Waals surface area contributed by atoms with Gasteiger partial charge < -0.3 is 11.1 Å². The molecule has 1 atom stereocenters. The number of carbonyl (C=O) groups is 2. The number of halogens is 1. The SMILES string of the molecule is CC1c2ccccc2C(=O)N1c1ccc(NC(=O)c2ncccc2N)cc1Cl. The Morgan fingerprint density at radius 2 is 1.96 bits per heavy atom. The average molecular weight is 393 g/mol. The number of nitrogens with zero attached hydrogens (tertiary/aromatic N) is 2. The van der Waals surface area contributed by atoms with Gasteiger partial charge >= 0.3 is 0 Å². The molecule has 0 spiro atoms. The van der Waals surface area contributed by atoms with Crippen LogP contribution in [0.1, 0.15) is 39.4 Å². The number of nitrogens with one attached hydrogen (secondary N) is 1. The number of nitrogens with two attached hydrogens (primary N) is 1. The molecule has 0 aliphatic carbocycles. The van der Waals surface area contributed by atoms with Crippen LogP contribution in [0.5, 0.6) is 0 Å². The lowest BCUT2D eigenvalue weighted by Crippen LogP contribution is -2.26. The van der Waals surface area contributed by atoms with E-state index in [2.05, 4.69) is 10.3 Å². The third kappa shape index (κ3) is 2.97. The number of anilines is 3. The van der Waals surface area contributed by atoms with E-state index >= 15 is 0 Å². The summed E-state index contributed by atoms with van der Waals surface area (Å²) >= 11 is 6.46. The van der Waals surface area contributed by atoms with E-state index in [-0.39, 0.29) is 23.3 Å². The highest BCUT2D eigenvalue weighted by Crippen LogP contribution is 2.40. The molecular formula is C21H17ClN4O2. The van der Waals surface area contributed by atoms with Crippen molar-refractivity contribution >= 4 is 40.5 Å². The Kier molecular flexibility index (Phi) is 4.49. The standard InChI is InChI=1S/C21H17ClN4O2/c1-12-14-5-2-3-6-15(14)21(28)26(12)18-9-8-13(11-16(18)22)25-20(27)19-17(23)7-4-10-24-19/h2-12H,23H2,1H3,(H,25,27). The second-order valence-corrected chi connectivity index (χ2v) is 6.91. The van der Waals surface area contributed by atoms with Gasteiger partial charge in [0.05, 0.1) is 22.4 Å². The Hall–Kier alpha value is -3.38. The first kappa shape index (κ1) is 18.0. The third-order valence-corrected chi connectivity index (χ3v) is 5.07. The van der Waals surface area contributed by atoms with Gasteiger partial charge in [-0.15, -0.1) is 0 Å². The molecular weight excluding hydrogens is 376 g/mol. The fourth-order valence-corrected chi connectivity index (χ4v) is 3.67. The van der Waals surface area contributed by atoms with Gasteiger partial charge in [0.2, 0.25) is 0 Å². The lowest BCUT2D eigenvalue weighted by atomic mass is 10.1. The van der Waals surface area contributed by atoms with Crippen LogP contribution in [0.25, 0.3) is 0 Å². The molecule has 140 valence electrons. The van der Waals surface area contributed by atoms with Crippen molar-refractivity contribution in [2.24, 2.45) is 0 Å². The average Bonchev–Trinajstić information content (AvgIpc) is 2.93. The molecule has 0 bridgehead atoms. The molecule has 2 aromatic carbocycles. The first-order valence-electron chi connectivity index (χ1n) is 8.71. The minimum Gasteiger partial charge on any atom is -0.397 e. The van der Waals surface area contributed by atoms with Gasteiger partial charge in [-0.2, -0.15) is 0 Å². The Morgan fingerprint density at radius 1 is 1.18 bits per heavy atom. The molecule has 0 fully saturated rings. The first-order chi connectivity index (χ1) is 13.5. The zero-order valence-corrected chi connectivity index (χ0v) is 15.8. The predicted octanol–water partition coefficient (Wildman–Crippen LogP) is 4.29. The molecule has 0 saturated carbocycles. The Morgan fingerprint density at radius 3 is 2.68 bits per heavy atom. The van der Waals surface area contributed by atoms with Crippen molar-refractivity contribution in [3.8, 4) is 0 Å². The lowest BCUT2D eigenvalue weighted by molar-refractivity contribution is 0.0990. The molecule has 1 aliphatic heterocycles. The van der Waals surface area contributed by atoms with E-state index in [0.29, 0.717) is 22.0 Å². The maximum Gasteiger partial charge on any atom is 0.276 e. The quantitative estimate of drug-likeness (QED) is 0.695. The minimum atomic E-state index is -0.431. The summed E-state index contributed by atoms with van der Waals surface area (Å²) in [5, 5.41) is 3.09. The number of rotatable bonds is 3. The number of hydrogen-bond donors (Lipinski definition) is 2. The number of fused-ring (bicyclic) bond motifs is 1. The van der Waals surface area contributed by atoms with Gasteiger partial charge in [-0.05, 0) is 48.9 Å². The summed E-state index contributed by atoms with van der Waals surface area (Å²) in [6.45, 7) is 1.96. The molecule has 0 radical (unpaired) electrons. The van der Waals surface area contributed by atoms with Gasteiger partial charge in [0.25, 0.3) is 11.8 Å². The molecule has 2 heterocycles. The summed E-state index contributed by atoms with van der Waals surface area (Å²) in [6.07, 6.45) is 1.50. The van der Waals surface area contributed by atoms with E-state index in [1.807, 2.05) is 31.2 Å². The van der Waals surface area contributed by atoms with Crippen molar-refractivity contribution in [3.05, 3.63) is 82.6 Å². The van der Waals surface area contributed by atoms with E-state index in [1.54, 1.807) is 35.2 Å². The van der Waals surface area contributed by atoms with Crippen molar-refractivity contribution in [1.82, 2.24) is 4.98 Å². The number of nitrogen functional groups attached to an aromatic ring is 1. The summed E-state index contributed by atoms with van der Waals surface area (Å²) in [4.78, 5) is 30.9. The third-order valence-electron chi connectivity index (χ3n) is 4.77. The molecule has 2 amide bonds. The monoisotopic (exact) mass is 392 g/mol. The molecule has 4 rings (SSSR count). The number of aromatic nitrogens is 1. The van der Waals surface area contributed by atoms with E-state index < -0.39 is 5.91 Å². The number of hydrogen-bond acceptors (Lipinski definition) is 4. The van der Waals surface area contributed by atoms with Crippen LogP contribution in [-0.2, 0) is 0 Å². The van der Waals surface area contributed by atoms with Crippen molar-refractivity contribution in [3.63, 3.8) is 0 Å². The molecule has 3 aromatic rings. The predicted molar refractivity (Wildman–Crippen MR) is 110 cm³/mol. The second-order valence-electron chi connectivity index (χ2n) is 6.50. The highest BCUT2D eigenvalue weighted by atomic mass is 35.5. The van der Waals surface area contributed by atoms with Crippen LogP contribution < -0.4 is 16.0 Å². The summed E-state index contributed by atoms with van der Waals surface area (Å²) in [5.41, 5.74) is 8.93. The summed E-state index contributed by atoms with van der Waals surface area (Å²) < 4.78 is 0. The van der Waals surface area contributed by atoms with Crippen LogP contribution >= 0.6 is 11.6 Å². The zero-order valence-electron chi connectivity index (χ0n) is 15.0. The number of benzene rings is 2. The second kappa shape index (κ2) is 6.98. The Balaban J connectivity index is 1.60. The maximum absolute atomic E-state index is 12.8. The molecule has 28 heavy (non-hydrogen) atoms. The van der Waals surface area contributed by atoms with Crippen molar-refractivity contribution in [2.75, 3.05) is 16.0 Å². The minimum absolute atomic E-state index is 0.0944. The van der Waals surface area contributed by atoms with Gasteiger partial charge in [-0.1, -0.05) is 29.8 Å². The number of pyridine rings is 1. The van der Waals surface area contributed by atoms with Gasteiger partial charge in [-0.25, -0.2) is 4.98 Å². The Bertz CT molecular complexity index is 1100.